The van der Waals surface area contributed by atoms with Crippen LogP contribution in [-0.4, -0.2) is 39.5 Å². The van der Waals surface area contributed by atoms with Crippen LogP contribution in [0.4, 0.5) is 0 Å². The van der Waals surface area contributed by atoms with E-state index in [9.17, 15) is 0 Å². The Kier molecular flexibility index (Phi) is 9.04. The molecule has 1 aromatic carbocycles. The zero-order valence-corrected chi connectivity index (χ0v) is 12.9. The fourth-order valence-corrected chi connectivity index (χ4v) is 1.77. The minimum absolute atomic E-state index is 0.317. The first-order valence-corrected chi connectivity index (χ1v) is 7.25. The van der Waals surface area contributed by atoms with Gasteiger partial charge in [0.25, 0.3) is 0 Å². The van der Waals surface area contributed by atoms with Gasteiger partial charge in [0.15, 0.2) is 0 Å². The molecule has 0 saturated heterocycles. The van der Waals surface area contributed by atoms with Crippen LogP contribution < -0.4 is 10.1 Å². The summed E-state index contributed by atoms with van der Waals surface area (Å²) in [5, 5.41) is 3.34. The lowest BCUT2D eigenvalue weighted by atomic mass is 10.2. The summed E-state index contributed by atoms with van der Waals surface area (Å²) in [4.78, 5) is 0. The Morgan fingerprint density at radius 2 is 2.00 bits per heavy atom. The summed E-state index contributed by atoms with van der Waals surface area (Å²) in [5.74, 6) is 0.893. The van der Waals surface area contributed by atoms with E-state index in [1.807, 2.05) is 24.3 Å². The molecule has 0 atom stereocenters. The molecule has 0 saturated carbocycles. The van der Waals surface area contributed by atoms with Crippen molar-refractivity contribution in [3.05, 3.63) is 29.8 Å². The highest BCUT2D eigenvalue weighted by molar-refractivity contribution is 5.28. The molecule has 0 fully saturated rings. The Labute approximate surface area is 122 Å². The van der Waals surface area contributed by atoms with Crippen LogP contribution in [-0.2, 0) is 16.1 Å². The van der Waals surface area contributed by atoms with Gasteiger partial charge in [-0.15, -0.1) is 0 Å². The van der Waals surface area contributed by atoms with Crippen LogP contribution in [0.15, 0.2) is 24.3 Å². The van der Waals surface area contributed by atoms with Crippen molar-refractivity contribution >= 4 is 0 Å². The van der Waals surface area contributed by atoms with Crippen molar-refractivity contribution in [3.63, 3.8) is 0 Å². The van der Waals surface area contributed by atoms with Gasteiger partial charge in [-0.25, -0.2) is 0 Å². The molecule has 114 valence electrons. The third-order valence-electron chi connectivity index (χ3n) is 2.71. The molecule has 1 aromatic rings. The van der Waals surface area contributed by atoms with Crippen LogP contribution in [0.5, 0.6) is 5.75 Å². The summed E-state index contributed by atoms with van der Waals surface area (Å²) in [6.45, 7) is 8.01. The normalized spacial score (nSPS) is 11.0. The molecule has 1 N–H and O–H groups in total. The number of methoxy groups -OCH3 is 1. The molecule has 0 amide bonds. The zero-order chi connectivity index (χ0) is 14.6. The Morgan fingerprint density at radius 3 is 2.75 bits per heavy atom. The topological polar surface area (TPSA) is 39.7 Å². The van der Waals surface area contributed by atoms with Crippen molar-refractivity contribution in [1.82, 2.24) is 5.32 Å². The second-order valence-electron chi connectivity index (χ2n) is 4.95. The molecule has 0 aromatic heterocycles. The predicted octanol–water partition coefficient (Wildman–Crippen LogP) is 2.62. The van der Waals surface area contributed by atoms with E-state index in [0.717, 1.165) is 37.4 Å². The summed E-state index contributed by atoms with van der Waals surface area (Å²) in [6, 6.07) is 8.00. The maximum absolute atomic E-state index is 5.69. The first-order valence-electron chi connectivity index (χ1n) is 7.25. The van der Waals surface area contributed by atoms with E-state index in [0.29, 0.717) is 19.3 Å². The van der Waals surface area contributed by atoms with Crippen LogP contribution in [0.1, 0.15) is 25.8 Å². The number of nitrogens with one attached hydrogen (secondary N) is 1. The highest BCUT2D eigenvalue weighted by atomic mass is 16.5. The van der Waals surface area contributed by atoms with Crippen LogP contribution in [0.3, 0.4) is 0 Å². The summed E-state index contributed by atoms with van der Waals surface area (Å²) >= 11 is 0. The fourth-order valence-electron chi connectivity index (χ4n) is 1.77. The zero-order valence-electron chi connectivity index (χ0n) is 12.9. The largest absolute Gasteiger partial charge is 0.492 e. The van der Waals surface area contributed by atoms with Crippen LogP contribution in [0.25, 0.3) is 0 Å². The Hall–Kier alpha value is -1.10. The van der Waals surface area contributed by atoms with Gasteiger partial charge in [0, 0.05) is 20.3 Å². The van der Waals surface area contributed by atoms with E-state index < -0.39 is 0 Å². The predicted molar refractivity (Wildman–Crippen MR) is 81.2 cm³/mol. The van der Waals surface area contributed by atoms with Crippen molar-refractivity contribution < 1.29 is 14.2 Å². The van der Waals surface area contributed by atoms with E-state index in [4.69, 9.17) is 14.2 Å². The second-order valence-corrected chi connectivity index (χ2v) is 4.95. The molecule has 0 heterocycles. The average molecular weight is 281 g/mol. The Balaban J connectivity index is 2.05. The molecule has 0 aliphatic heterocycles. The number of hydrogen-bond acceptors (Lipinski definition) is 4. The van der Waals surface area contributed by atoms with Crippen molar-refractivity contribution in [2.75, 3.05) is 33.4 Å². The number of benzene rings is 1. The van der Waals surface area contributed by atoms with E-state index in [1.54, 1.807) is 7.11 Å². The lowest BCUT2D eigenvalue weighted by molar-refractivity contribution is 0.0770. The van der Waals surface area contributed by atoms with Crippen LogP contribution >= 0.6 is 0 Å². The molecule has 0 bridgehead atoms. The summed E-state index contributed by atoms with van der Waals surface area (Å²) in [6.07, 6.45) is 1.35. The molecule has 0 radical (unpaired) electrons. The minimum Gasteiger partial charge on any atom is -0.492 e. The van der Waals surface area contributed by atoms with Gasteiger partial charge in [0.2, 0.25) is 0 Å². The number of rotatable bonds is 11. The number of hydrogen-bond donors (Lipinski definition) is 1. The van der Waals surface area contributed by atoms with Crippen molar-refractivity contribution in [3.8, 4) is 5.75 Å². The molecule has 0 aliphatic rings. The summed E-state index contributed by atoms with van der Waals surface area (Å²) < 4.78 is 16.3. The highest BCUT2D eigenvalue weighted by Gasteiger charge is 1.97. The smallest absolute Gasteiger partial charge is 0.119 e. The van der Waals surface area contributed by atoms with E-state index in [-0.39, 0.29) is 0 Å². The quantitative estimate of drug-likeness (QED) is 0.633. The number of ether oxygens (including phenoxy) is 3. The molecule has 1 rings (SSSR count). The first-order chi connectivity index (χ1) is 9.72. The van der Waals surface area contributed by atoms with Gasteiger partial charge in [-0.2, -0.15) is 0 Å². The minimum atomic E-state index is 0.317. The first kappa shape index (κ1) is 17.0. The summed E-state index contributed by atoms with van der Waals surface area (Å²) in [7, 11) is 1.69. The van der Waals surface area contributed by atoms with E-state index in [2.05, 4.69) is 19.2 Å². The van der Waals surface area contributed by atoms with Crippen molar-refractivity contribution in [2.45, 2.75) is 33.0 Å². The Morgan fingerprint density at radius 1 is 1.15 bits per heavy atom. The van der Waals surface area contributed by atoms with Gasteiger partial charge in [0.1, 0.15) is 12.4 Å². The van der Waals surface area contributed by atoms with Gasteiger partial charge in [-0.3, -0.25) is 0 Å². The molecule has 4 nitrogen and oxygen atoms in total. The molecule has 0 spiro atoms. The van der Waals surface area contributed by atoms with Crippen molar-refractivity contribution in [1.29, 1.82) is 0 Å². The maximum Gasteiger partial charge on any atom is 0.119 e. The lowest BCUT2D eigenvalue weighted by Gasteiger charge is -2.10. The third kappa shape index (κ3) is 8.15. The molecule has 20 heavy (non-hydrogen) atoms. The Bertz CT molecular complexity index is 355. The maximum atomic E-state index is 5.69. The molecular formula is C16H27NO3. The standard InChI is InChI=1S/C16H27NO3/c1-14(2)19-10-5-8-17-9-11-20-16-7-4-6-15(12-16)13-18-3/h4,6-7,12,14,17H,5,8-11,13H2,1-3H3. The van der Waals surface area contributed by atoms with Crippen molar-refractivity contribution in [2.24, 2.45) is 0 Å². The van der Waals surface area contributed by atoms with Gasteiger partial charge >= 0.3 is 0 Å². The fraction of sp³-hybridized carbons (Fsp3) is 0.625. The van der Waals surface area contributed by atoms with Gasteiger partial charge in [-0.1, -0.05) is 12.1 Å². The van der Waals surface area contributed by atoms with Gasteiger partial charge in [0.05, 0.1) is 12.7 Å². The molecule has 0 unspecified atom stereocenters. The van der Waals surface area contributed by atoms with Crippen LogP contribution in [0.2, 0.25) is 0 Å². The van der Waals surface area contributed by atoms with E-state index >= 15 is 0 Å². The molecule has 0 aliphatic carbocycles. The molecular weight excluding hydrogens is 254 g/mol. The monoisotopic (exact) mass is 281 g/mol. The van der Waals surface area contributed by atoms with E-state index in [1.165, 1.54) is 0 Å². The van der Waals surface area contributed by atoms with Gasteiger partial charge in [-0.05, 0) is 44.5 Å². The third-order valence-corrected chi connectivity index (χ3v) is 2.71. The van der Waals surface area contributed by atoms with Crippen LogP contribution in [0, 0.1) is 0 Å². The molecule has 4 heteroatoms. The highest BCUT2D eigenvalue weighted by Crippen LogP contribution is 2.13. The summed E-state index contributed by atoms with van der Waals surface area (Å²) in [5.41, 5.74) is 1.13. The van der Waals surface area contributed by atoms with Gasteiger partial charge < -0.3 is 19.5 Å². The SMILES string of the molecule is COCc1cccc(OCCNCCCOC(C)C)c1. The lowest BCUT2D eigenvalue weighted by Crippen LogP contribution is -2.23. The second kappa shape index (κ2) is 10.7. The average Bonchev–Trinajstić information content (AvgIpc) is 2.42.